The molecule has 1 amide bonds. The Balaban J connectivity index is 1.43. The fraction of sp³-hybridized carbons (Fsp3) is 0.263. The standard InChI is InChI=1S/C19H15N3O4S/c20-8-13-11-4-1-2-7-15(11)27-18(13)22-16(23)9-25-19(24)12-5-3-6-14-17(12)21-10-26-14/h3,5-6,10H,1-2,4,7,9H2,(H,22,23). The van der Waals surface area contributed by atoms with Crippen LogP contribution in [-0.2, 0) is 22.4 Å². The fourth-order valence-corrected chi connectivity index (χ4v) is 4.45. The second kappa shape index (κ2) is 7.21. The zero-order chi connectivity index (χ0) is 18.8. The predicted molar refractivity (Wildman–Crippen MR) is 98.6 cm³/mol. The highest BCUT2D eigenvalue weighted by Crippen LogP contribution is 2.37. The van der Waals surface area contributed by atoms with E-state index in [9.17, 15) is 14.9 Å². The van der Waals surface area contributed by atoms with Crippen molar-refractivity contribution in [3.8, 4) is 6.07 Å². The van der Waals surface area contributed by atoms with E-state index in [1.54, 1.807) is 18.2 Å². The number of amides is 1. The number of nitrogens with zero attached hydrogens (tertiary/aromatic N) is 2. The van der Waals surface area contributed by atoms with E-state index in [1.807, 2.05) is 0 Å². The number of thiophene rings is 1. The van der Waals surface area contributed by atoms with E-state index in [1.165, 1.54) is 17.7 Å². The highest BCUT2D eigenvalue weighted by atomic mass is 32.1. The monoisotopic (exact) mass is 381 g/mol. The third-order valence-corrected chi connectivity index (χ3v) is 5.66. The van der Waals surface area contributed by atoms with Gasteiger partial charge in [-0.15, -0.1) is 11.3 Å². The van der Waals surface area contributed by atoms with Gasteiger partial charge in [-0.25, -0.2) is 9.78 Å². The quantitative estimate of drug-likeness (QED) is 0.694. The number of nitrogens with one attached hydrogen (secondary N) is 1. The van der Waals surface area contributed by atoms with Gasteiger partial charge in [0.05, 0.1) is 11.1 Å². The third kappa shape index (κ3) is 3.29. The van der Waals surface area contributed by atoms with Crippen LogP contribution >= 0.6 is 11.3 Å². The van der Waals surface area contributed by atoms with Gasteiger partial charge in [0.1, 0.15) is 16.6 Å². The van der Waals surface area contributed by atoms with Gasteiger partial charge in [0.25, 0.3) is 5.91 Å². The number of benzene rings is 1. The second-order valence-corrected chi connectivity index (χ2v) is 7.26. The molecule has 1 aromatic carbocycles. The predicted octanol–water partition coefficient (Wildman–Crippen LogP) is 3.44. The third-order valence-electron chi connectivity index (χ3n) is 4.45. The number of oxazole rings is 1. The number of hydrogen-bond donors (Lipinski definition) is 1. The van der Waals surface area contributed by atoms with Crippen molar-refractivity contribution in [1.29, 1.82) is 5.26 Å². The summed E-state index contributed by atoms with van der Waals surface area (Å²) in [6, 6.07) is 7.09. The topological polar surface area (TPSA) is 105 Å². The number of rotatable bonds is 4. The van der Waals surface area contributed by atoms with Crippen LogP contribution in [0, 0.1) is 11.3 Å². The van der Waals surface area contributed by atoms with Crippen molar-refractivity contribution >= 4 is 39.3 Å². The zero-order valence-corrected chi connectivity index (χ0v) is 15.1. The smallest absolute Gasteiger partial charge is 0.340 e. The van der Waals surface area contributed by atoms with Crippen LogP contribution in [0.1, 0.15) is 39.2 Å². The molecule has 0 fully saturated rings. The Morgan fingerprint density at radius 1 is 1.33 bits per heavy atom. The molecule has 0 bridgehead atoms. The minimum Gasteiger partial charge on any atom is -0.452 e. The summed E-state index contributed by atoms with van der Waals surface area (Å²) in [7, 11) is 0. The van der Waals surface area contributed by atoms with Gasteiger partial charge in [0.15, 0.2) is 18.6 Å². The van der Waals surface area contributed by atoms with Crippen LogP contribution in [0.2, 0.25) is 0 Å². The number of hydrogen-bond acceptors (Lipinski definition) is 7. The molecule has 0 saturated carbocycles. The van der Waals surface area contributed by atoms with Crippen molar-refractivity contribution in [3.63, 3.8) is 0 Å². The first-order valence-electron chi connectivity index (χ1n) is 8.51. The summed E-state index contributed by atoms with van der Waals surface area (Å²) >= 11 is 1.43. The number of aromatic nitrogens is 1. The van der Waals surface area contributed by atoms with E-state index in [0.29, 0.717) is 21.7 Å². The van der Waals surface area contributed by atoms with Crippen molar-refractivity contribution in [3.05, 3.63) is 46.2 Å². The molecule has 1 aliphatic rings. The Hall–Kier alpha value is -3.18. The first kappa shape index (κ1) is 17.2. The lowest BCUT2D eigenvalue weighted by Crippen LogP contribution is -2.21. The number of carbonyl (C=O) groups excluding carboxylic acids is 2. The molecule has 0 unspecified atom stereocenters. The van der Waals surface area contributed by atoms with E-state index in [0.717, 1.165) is 36.1 Å². The van der Waals surface area contributed by atoms with Crippen molar-refractivity contribution < 1.29 is 18.7 Å². The van der Waals surface area contributed by atoms with Gasteiger partial charge in [-0.2, -0.15) is 5.26 Å². The van der Waals surface area contributed by atoms with Crippen LogP contribution in [0.15, 0.2) is 29.0 Å². The van der Waals surface area contributed by atoms with Crippen LogP contribution < -0.4 is 5.32 Å². The second-order valence-electron chi connectivity index (χ2n) is 6.16. The number of carbonyl (C=O) groups is 2. The summed E-state index contributed by atoms with van der Waals surface area (Å²) in [5.41, 5.74) is 2.66. The lowest BCUT2D eigenvalue weighted by molar-refractivity contribution is -0.119. The SMILES string of the molecule is N#Cc1c(NC(=O)COC(=O)c2cccc3ocnc23)sc2c1CCCC2. The maximum absolute atomic E-state index is 12.3. The molecule has 4 rings (SSSR count). The van der Waals surface area contributed by atoms with E-state index in [4.69, 9.17) is 9.15 Å². The molecule has 1 N–H and O–H groups in total. The highest BCUT2D eigenvalue weighted by molar-refractivity contribution is 7.16. The Kier molecular flexibility index (Phi) is 4.60. The van der Waals surface area contributed by atoms with Crippen LogP contribution in [0.4, 0.5) is 5.00 Å². The molecule has 2 aromatic heterocycles. The minimum atomic E-state index is -0.657. The molecule has 8 heteroatoms. The van der Waals surface area contributed by atoms with Crippen LogP contribution in [0.5, 0.6) is 0 Å². The molecule has 0 aliphatic heterocycles. The number of esters is 1. The largest absolute Gasteiger partial charge is 0.452 e. The molecule has 7 nitrogen and oxygen atoms in total. The van der Waals surface area contributed by atoms with E-state index >= 15 is 0 Å². The maximum Gasteiger partial charge on any atom is 0.340 e. The number of nitriles is 1. The van der Waals surface area contributed by atoms with Crippen LogP contribution in [0.3, 0.4) is 0 Å². The van der Waals surface area contributed by atoms with Crippen LogP contribution in [0.25, 0.3) is 11.1 Å². The lowest BCUT2D eigenvalue weighted by Gasteiger charge is -2.09. The number of ether oxygens (including phenoxy) is 1. The van der Waals surface area contributed by atoms with Crippen LogP contribution in [-0.4, -0.2) is 23.5 Å². The molecule has 0 radical (unpaired) electrons. The molecular formula is C19H15N3O4S. The van der Waals surface area contributed by atoms with E-state index in [-0.39, 0.29) is 5.56 Å². The first-order valence-corrected chi connectivity index (χ1v) is 9.33. The molecule has 0 spiro atoms. The molecular weight excluding hydrogens is 366 g/mol. The van der Waals surface area contributed by atoms with Crippen molar-refractivity contribution in [2.75, 3.05) is 11.9 Å². The van der Waals surface area contributed by atoms with Gasteiger partial charge >= 0.3 is 5.97 Å². The molecule has 0 atom stereocenters. The van der Waals surface area contributed by atoms with Crippen molar-refractivity contribution in [1.82, 2.24) is 4.98 Å². The Morgan fingerprint density at radius 2 is 2.19 bits per heavy atom. The number of anilines is 1. The average molecular weight is 381 g/mol. The Morgan fingerprint density at radius 3 is 3.04 bits per heavy atom. The fourth-order valence-electron chi connectivity index (χ4n) is 3.19. The van der Waals surface area contributed by atoms with Gasteiger partial charge in [0.2, 0.25) is 0 Å². The van der Waals surface area contributed by atoms with Gasteiger partial charge < -0.3 is 14.5 Å². The summed E-state index contributed by atoms with van der Waals surface area (Å²) in [6.45, 7) is -0.444. The molecule has 1 aliphatic carbocycles. The number of fused-ring (bicyclic) bond motifs is 2. The number of aryl methyl sites for hydroxylation is 1. The van der Waals surface area contributed by atoms with Crippen molar-refractivity contribution in [2.24, 2.45) is 0 Å². The summed E-state index contributed by atoms with van der Waals surface area (Å²) in [4.78, 5) is 29.6. The first-order chi connectivity index (χ1) is 13.2. The normalized spacial score (nSPS) is 13.0. The van der Waals surface area contributed by atoms with E-state index in [2.05, 4.69) is 16.4 Å². The summed E-state index contributed by atoms with van der Waals surface area (Å²) in [5.74, 6) is -1.14. The Bertz CT molecular complexity index is 1080. The molecule has 2 heterocycles. The van der Waals surface area contributed by atoms with Gasteiger partial charge in [-0.1, -0.05) is 6.07 Å². The lowest BCUT2D eigenvalue weighted by atomic mass is 9.96. The van der Waals surface area contributed by atoms with Gasteiger partial charge in [-0.3, -0.25) is 4.79 Å². The summed E-state index contributed by atoms with van der Waals surface area (Å²) in [5, 5.41) is 12.7. The van der Waals surface area contributed by atoms with Crippen molar-refractivity contribution in [2.45, 2.75) is 25.7 Å². The molecule has 0 saturated heterocycles. The summed E-state index contributed by atoms with van der Waals surface area (Å²) in [6.07, 6.45) is 5.19. The molecule has 3 aromatic rings. The van der Waals surface area contributed by atoms with Gasteiger partial charge in [0, 0.05) is 4.88 Å². The minimum absolute atomic E-state index is 0.235. The highest BCUT2D eigenvalue weighted by Gasteiger charge is 2.22. The van der Waals surface area contributed by atoms with E-state index < -0.39 is 18.5 Å². The van der Waals surface area contributed by atoms with Gasteiger partial charge in [-0.05, 0) is 43.4 Å². The Labute approximate surface area is 158 Å². The summed E-state index contributed by atoms with van der Waals surface area (Å²) < 4.78 is 10.3. The maximum atomic E-state index is 12.3. The average Bonchev–Trinajstić information content (AvgIpc) is 3.29. The number of para-hydroxylation sites is 1. The zero-order valence-electron chi connectivity index (χ0n) is 14.3. The molecule has 136 valence electrons. The molecule has 27 heavy (non-hydrogen) atoms.